The second-order valence-corrected chi connectivity index (χ2v) is 6.01. The van der Waals surface area contributed by atoms with Crippen molar-refractivity contribution in [3.05, 3.63) is 35.9 Å². The molecule has 1 aromatic rings. The summed E-state index contributed by atoms with van der Waals surface area (Å²) >= 11 is 0. The number of ether oxygens (including phenoxy) is 1. The number of hydrogen-bond donors (Lipinski definition) is 1. The van der Waals surface area contributed by atoms with Crippen LogP contribution in [0, 0.1) is 0 Å². The minimum Gasteiger partial charge on any atom is -0.386 e. The van der Waals surface area contributed by atoms with Gasteiger partial charge in [-0.3, -0.25) is 0 Å². The first-order chi connectivity index (χ1) is 10.3. The number of piperidine rings is 1. The number of unbranched alkanes of at least 4 members (excludes halogenated alkanes) is 2. The van der Waals surface area contributed by atoms with E-state index >= 15 is 0 Å². The predicted octanol–water partition coefficient (Wildman–Crippen LogP) is 3.39. The van der Waals surface area contributed by atoms with Crippen LogP contribution >= 0.6 is 0 Å². The summed E-state index contributed by atoms with van der Waals surface area (Å²) in [5.74, 6) is 0. The molecule has 1 heterocycles. The Balaban J connectivity index is 1.62. The van der Waals surface area contributed by atoms with Gasteiger partial charge in [0.15, 0.2) is 0 Å². The number of hydrogen-bond acceptors (Lipinski definition) is 3. The lowest BCUT2D eigenvalue weighted by molar-refractivity contribution is -0.0357. The Kier molecular flexibility index (Phi) is 7.20. The molecule has 118 valence electrons. The van der Waals surface area contributed by atoms with Crippen LogP contribution in [-0.4, -0.2) is 42.4 Å². The maximum atomic E-state index is 10.1. The third-order valence-corrected chi connectivity index (χ3v) is 4.29. The van der Waals surface area contributed by atoms with Crippen LogP contribution in [0.3, 0.4) is 0 Å². The molecule has 1 aliphatic heterocycles. The first-order valence-corrected chi connectivity index (χ1v) is 8.36. The Bertz CT molecular complexity index is 374. The first kappa shape index (κ1) is 16.5. The summed E-state index contributed by atoms with van der Waals surface area (Å²) in [4.78, 5) is 2.54. The molecule has 21 heavy (non-hydrogen) atoms. The number of likely N-dealkylation sites (tertiary alicyclic amines) is 1. The van der Waals surface area contributed by atoms with Gasteiger partial charge in [0.25, 0.3) is 0 Å². The Morgan fingerprint density at radius 1 is 1.19 bits per heavy atom. The van der Waals surface area contributed by atoms with E-state index in [4.69, 9.17) is 4.74 Å². The monoisotopic (exact) mass is 291 g/mol. The van der Waals surface area contributed by atoms with Gasteiger partial charge in [0, 0.05) is 13.1 Å². The SMILES string of the molecule is CCCCCN1CCC(OCC(O)c2ccccc2)CC1. The van der Waals surface area contributed by atoms with E-state index in [1.165, 1.54) is 25.8 Å². The fraction of sp³-hybridized carbons (Fsp3) is 0.667. The lowest BCUT2D eigenvalue weighted by Gasteiger charge is -2.32. The molecule has 1 unspecified atom stereocenters. The van der Waals surface area contributed by atoms with E-state index in [0.717, 1.165) is 31.5 Å². The molecule has 0 saturated carbocycles. The van der Waals surface area contributed by atoms with Crippen molar-refractivity contribution in [3.8, 4) is 0 Å². The number of nitrogens with zero attached hydrogens (tertiary/aromatic N) is 1. The van der Waals surface area contributed by atoms with Crippen molar-refractivity contribution >= 4 is 0 Å². The summed E-state index contributed by atoms with van der Waals surface area (Å²) in [5, 5.41) is 10.1. The van der Waals surface area contributed by atoms with Crippen LogP contribution < -0.4 is 0 Å². The van der Waals surface area contributed by atoms with Crippen LogP contribution in [0.25, 0.3) is 0 Å². The van der Waals surface area contributed by atoms with Gasteiger partial charge in [0.05, 0.1) is 12.7 Å². The van der Waals surface area contributed by atoms with Crippen LogP contribution in [0.15, 0.2) is 30.3 Å². The van der Waals surface area contributed by atoms with E-state index < -0.39 is 6.10 Å². The maximum Gasteiger partial charge on any atom is 0.102 e. The van der Waals surface area contributed by atoms with Gasteiger partial charge in [0.1, 0.15) is 6.10 Å². The molecule has 1 atom stereocenters. The third kappa shape index (κ3) is 5.77. The van der Waals surface area contributed by atoms with Crippen LogP contribution in [0.1, 0.15) is 50.7 Å². The van der Waals surface area contributed by atoms with Crippen LogP contribution in [0.4, 0.5) is 0 Å². The average Bonchev–Trinajstić information content (AvgIpc) is 2.55. The van der Waals surface area contributed by atoms with Crippen molar-refractivity contribution in [1.29, 1.82) is 0 Å². The second kappa shape index (κ2) is 9.19. The smallest absolute Gasteiger partial charge is 0.102 e. The molecular weight excluding hydrogens is 262 g/mol. The minimum absolute atomic E-state index is 0.311. The highest BCUT2D eigenvalue weighted by Gasteiger charge is 2.20. The van der Waals surface area contributed by atoms with Gasteiger partial charge in [-0.15, -0.1) is 0 Å². The summed E-state index contributed by atoms with van der Waals surface area (Å²) in [6.45, 7) is 6.15. The highest BCUT2D eigenvalue weighted by molar-refractivity contribution is 5.17. The number of rotatable bonds is 8. The van der Waals surface area contributed by atoms with E-state index in [-0.39, 0.29) is 0 Å². The molecule has 0 aromatic heterocycles. The predicted molar refractivity (Wildman–Crippen MR) is 86.3 cm³/mol. The van der Waals surface area contributed by atoms with Crippen LogP contribution in [0.5, 0.6) is 0 Å². The topological polar surface area (TPSA) is 32.7 Å². The van der Waals surface area contributed by atoms with E-state index in [1.54, 1.807) is 0 Å². The molecule has 1 fully saturated rings. The zero-order valence-electron chi connectivity index (χ0n) is 13.2. The van der Waals surface area contributed by atoms with Crippen molar-refractivity contribution in [2.45, 2.75) is 51.2 Å². The molecule has 1 aliphatic rings. The molecule has 2 rings (SSSR count). The summed E-state index contributed by atoms with van der Waals surface area (Å²) in [6, 6.07) is 9.76. The van der Waals surface area contributed by atoms with E-state index in [9.17, 15) is 5.11 Å². The van der Waals surface area contributed by atoms with Crippen molar-refractivity contribution < 1.29 is 9.84 Å². The van der Waals surface area contributed by atoms with Gasteiger partial charge in [-0.05, 0) is 31.4 Å². The average molecular weight is 291 g/mol. The van der Waals surface area contributed by atoms with Gasteiger partial charge in [-0.2, -0.15) is 0 Å². The van der Waals surface area contributed by atoms with Gasteiger partial charge in [-0.25, -0.2) is 0 Å². The lowest BCUT2D eigenvalue weighted by atomic mass is 10.1. The zero-order valence-corrected chi connectivity index (χ0v) is 13.2. The molecule has 0 amide bonds. The van der Waals surface area contributed by atoms with Crippen molar-refractivity contribution in [2.75, 3.05) is 26.2 Å². The maximum absolute atomic E-state index is 10.1. The molecule has 1 saturated heterocycles. The molecule has 1 N–H and O–H groups in total. The van der Waals surface area contributed by atoms with E-state index in [1.807, 2.05) is 30.3 Å². The Hall–Kier alpha value is -0.900. The molecule has 0 bridgehead atoms. The van der Waals surface area contributed by atoms with Gasteiger partial charge in [0.2, 0.25) is 0 Å². The highest BCUT2D eigenvalue weighted by Crippen LogP contribution is 2.18. The van der Waals surface area contributed by atoms with E-state index in [0.29, 0.717) is 12.7 Å². The van der Waals surface area contributed by atoms with Crippen molar-refractivity contribution in [2.24, 2.45) is 0 Å². The Labute approximate surface area is 128 Å². The molecule has 0 spiro atoms. The summed E-state index contributed by atoms with van der Waals surface area (Å²) in [7, 11) is 0. The van der Waals surface area contributed by atoms with Crippen molar-refractivity contribution in [3.63, 3.8) is 0 Å². The lowest BCUT2D eigenvalue weighted by Crippen LogP contribution is -2.38. The summed E-state index contributed by atoms with van der Waals surface area (Å²) in [5.41, 5.74) is 0.939. The van der Waals surface area contributed by atoms with Crippen molar-refractivity contribution in [1.82, 2.24) is 4.90 Å². The van der Waals surface area contributed by atoms with Gasteiger partial charge in [-0.1, -0.05) is 50.1 Å². The standard InChI is InChI=1S/C18H29NO2/c1-2-3-7-12-19-13-10-17(11-14-19)21-15-18(20)16-8-5-4-6-9-16/h4-6,8-9,17-18,20H,2-3,7,10-15H2,1H3. The first-order valence-electron chi connectivity index (χ1n) is 8.36. The highest BCUT2D eigenvalue weighted by atomic mass is 16.5. The molecule has 0 radical (unpaired) electrons. The van der Waals surface area contributed by atoms with Gasteiger partial charge >= 0.3 is 0 Å². The van der Waals surface area contributed by atoms with Crippen LogP contribution in [0.2, 0.25) is 0 Å². The summed E-state index contributed by atoms with van der Waals surface area (Å²) < 4.78 is 5.90. The third-order valence-electron chi connectivity index (χ3n) is 4.29. The molecule has 1 aromatic carbocycles. The second-order valence-electron chi connectivity index (χ2n) is 6.01. The van der Waals surface area contributed by atoms with Crippen LogP contribution in [-0.2, 0) is 4.74 Å². The summed E-state index contributed by atoms with van der Waals surface area (Å²) in [6.07, 6.45) is 5.92. The number of aliphatic hydroxyl groups excluding tert-OH is 1. The number of benzene rings is 1. The molecule has 0 aliphatic carbocycles. The fourth-order valence-electron chi connectivity index (χ4n) is 2.88. The quantitative estimate of drug-likeness (QED) is 0.745. The number of aliphatic hydroxyl groups is 1. The normalized spacial score (nSPS) is 18.8. The Morgan fingerprint density at radius 2 is 1.90 bits per heavy atom. The molecule has 3 heteroatoms. The largest absolute Gasteiger partial charge is 0.386 e. The zero-order chi connectivity index (χ0) is 14.9. The molecular formula is C18H29NO2. The fourth-order valence-corrected chi connectivity index (χ4v) is 2.88. The Morgan fingerprint density at radius 3 is 2.57 bits per heavy atom. The van der Waals surface area contributed by atoms with E-state index in [2.05, 4.69) is 11.8 Å². The van der Waals surface area contributed by atoms with Gasteiger partial charge < -0.3 is 14.7 Å². The molecule has 3 nitrogen and oxygen atoms in total. The minimum atomic E-state index is -0.506.